The van der Waals surface area contributed by atoms with E-state index in [4.69, 9.17) is 10.5 Å². The summed E-state index contributed by atoms with van der Waals surface area (Å²) < 4.78 is 5.23. The first kappa shape index (κ1) is 21.0. The zero-order chi connectivity index (χ0) is 15.6. The molecule has 5 nitrogen and oxygen atoms in total. The Balaban J connectivity index is 0.00000144. The zero-order valence-corrected chi connectivity index (χ0v) is 15.6. The molecular weight excluding hydrogens is 349 g/mol. The summed E-state index contributed by atoms with van der Waals surface area (Å²) in [5, 5.41) is 3.05. The van der Waals surface area contributed by atoms with Crippen LogP contribution in [0.25, 0.3) is 0 Å². The first-order valence-corrected chi connectivity index (χ1v) is 8.07. The van der Waals surface area contributed by atoms with Gasteiger partial charge in [-0.05, 0) is 56.5 Å². The van der Waals surface area contributed by atoms with Gasteiger partial charge in [0.05, 0.1) is 18.7 Å². The summed E-state index contributed by atoms with van der Waals surface area (Å²) in [6, 6.07) is 8.34. The van der Waals surface area contributed by atoms with Crippen molar-refractivity contribution < 1.29 is 9.53 Å². The van der Waals surface area contributed by atoms with E-state index in [1.165, 1.54) is 18.4 Å². The van der Waals surface area contributed by atoms with Crippen molar-refractivity contribution in [2.45, 2.75) is 37.3 Å². The maximum absolute atomic E-state index is 12.1. The predicted octanol–water partition coefficient (Wildman–Crippen LogP) is 2.28. The monoisotopic (exact) mass is 375 g/mol. The number of rotatable bonds is 6. The second-order valence-electron chi connectivity index (χ2n) is 6.40. The zero-order valence-electron chi connectivity index (χ0n) is 14.0. The Morgan fingerprint density at radius 2 is 1.83 bits per heavy atom. The van der Waals surface area contributed by atoms with Gasteiger partial charge in [-0.3, -0.25) is 9.69 Å². The highest BCUT2D eigenvalue weighted by Gasteiger charge is 2.46. The molecule has 1 aliphatic carbocycles. The van der Waals surface area contributed by atoms with Crippen LogP contribution in [0.1, 0.15) is 37.3 Å². The van der Waals surface area contributed by atoms with E-state index in [-0.39, 0.29) is 36.8 Å². The van der Waals surface area contributed by atoms with Crippen molar-refractivity contribution in [2.75, 3.05) is 26.7 Å². The van der Waals surface area contributed by atoms with Crippen LogP contribution in [0.15, 0.2) is 24.3 Å². The molecule has 3 N–H and O–H groups in total. The predicted molar refractivity (Wildman–Crippen MR) is 100 cm³/mol. The average molecular weight is 376 g/mol. The maximum Gasteiger partial charge on any atom is 0.240 e. The lowest BCUT2D eigenvalue weighted by atomic mass is 10.0. The van der Waals surface area contributed by atoms with Crippen molar-refractivity contribution in [3.8, 4) is 5.75 Å². The molecule has 1 atom stereocenters. The summed E-state index contributed by atoms with van der Waals surface area (Å²) in [5.41, 5.74) is 6.58. The fraction of sp³-hybridized carbons (Fsp3) is 0.588. The molecule has 136 valence electrons. The Morgan fingerprint density at radius 3 is 2.33 bits per heavy atom. The van der Waals surface area contributed by atoms with Crippen LogP contribution in [0.5, 0.6) is 5.75 Å². The Morgan fingerprint density at radius 1 is 1.25 bits per heavy atom. The van der Waals surface area contributed by atoms with Gasteiger partial charge in [0.25, 0.3) is 0 Å². The number of hydrogen-bond acceptors (Lipinski definition) is 4. The Bertz CT molecular complexity index is 529. The molecule has 1 amide bonds. The molecule has 0 aromatic heterocycles. The first-order valence-electron chi connectivity index (χ1n) is 8.07. The smallest absolute Gasteiger partial charge is 0.240 e. The second kappa shape index (κ2) is 8.90. The van der Waals surface area contributed by atoms with Gasteiger partial charge in [-0.15, -0.1) is 24.8 Å². The molecule has 1 saturated heterocycles. The fourth-order valence-electron chi connectivity index (χ4n) is 3.06. The molecule has 2 aliphatic rings. The van der Waals surface area contributed by atoms with Crippen LogP contribution in [0.4, 0.5) is 0 Å². The number of nitrogens with one attached hydrogen (secondary N) is 1. The fourth-order valence-corrected chi connectivity index (χ4v) is 3.06. The van der Waals surface area contributed by atoms with E-state index < -0.39 is 5.54 Å². The van der Waals surface area contributed by atoms with E-state index >= 15 is 0 Å². The van der Waals surface area contributed by atoms with Gasteiger partial charge in [0, 0.05) is 6.54 Å². The number of benzene rings is 1. The molecule has 1 aromatic carbocycles. The van der Waals surface area contributed by atoms with E-state index in [0.717, 1.165) is 31.7 Å². The number of carbonyl (C=O) groups excluding carboxylic acids is 1. The summed E-state index contributed by atoms with van der Waals surface area (Å²) in [7, 11) is 1.67. The molecule has 2 fully saturated rings. The average Bonchev–Trinajstić information content (AvgIpc) is 3.08. The van der Waals surface area contributed by atoms with E-state index in [1.807, 2.05) is 12.1 Å². The summed E-state index contributed by atoms with van der Waals surface area (Å²) in [4.78, 5) is 14.5. The number of nitrogens with zero attached hydrogens (tertiary/aromatic N) is 1. The van der Waals surface area contributed by atoms with Gasteiger partial charge in [0.1, 0.15) is 5.75 Å². The molecule has 0 radical (unpaired) electrons. The van der Waals surface area contributed by atoms with Gasteiger partial charge in [-0.25, -0.2) is 0 Å². The van der Waals surface area contributed by atoms with E-state index in [1.54, 1.807) is 7.11 Å². The number of hydrogen-bond donors (Lipinski definition) is 2. The molecule has 1 saturated carbocycles. The highest BCUT2D eigenvalue weighted by molar-refractivity contribution is 5.89. The van der Waals surface area contributed by atoms with Crippen molar-refractivity contribution in [2.24, 2.45) is 5.73 Å². The van der Waals surface area contributed by atoms with Crippen molar-refractivity contribution in [1.82, 2.24) is 10.2 Å². The van der Waals surface area contributed by atoms with Crippen molar-refractivity contribution >= 4 is 30.7 Å². The highest BCUT2D eigenvalue weighted by Crippen LogP contribution is 2.32. The minimum atomic E-state index is -0.602. The quantitative estimate of drug-likeness (QED) is 0.800. The molecule has 1 heterocycles. The lowest BCUT2D eigenvalue weighted by Crippen LogP contribution is -2.46. The van der Waals surface area contributed by atoms with Crippen molar-refractivity contribution in [1.29, 1.82) is 0 Å². The number of amides is 1. The minimum Gasteiger partial charge on any atom is -0.497 e. The molecule has 24 heavy (non-hydrogen) atoms. The topological polar surface area (TPSA) is 67.6 Å². The molecule has 1 aromatic rings. The second-order valence-corrected chi connectivity index (χ2v) is 6.40. The standard InChI is InChI=1S/C17H25N3O2.2ClH/c1-22-14-6-4-13(5-7-14)15(20-10-2-3-11-20)12-19-16(21)17(18)8-9-17;;/h4-7,15H,2-3,8-12,18H2,1H3,(H,19,21);2*1H. The third-order valence-corrected chi connectivity index (χ3v) is 4.78. The van der Waals surface area contributed by atoms with Crippen LogP contribution in [-0.4, -0.2) is 43.1 Å². The molecule has 0 spiro atoms. The van der Waals surface area contributed by atoms with Crippen LogP contribution in [0, 0.1) is 0 Å². The highest BCUT2D eigenvalue weighted by atomic mass is 35.5. The SMILES string of the molecule is COc1ccc(C(CNC(=O)C2(N)CC2)N2CCCC2)cc1.Cl.Cl. The largest absolute Gasteiger partial charge is 0.497 e. The molecule has 1 aliphatic heterocycles. The van der Waals surface area contributed by atoms with Gasteiger partial charge >= 0.3 is 0 Å². The molecule has 0 bridgehead atoms. The van der Waals surface area contributed by atoms with E-state index in [9.17, 15) is 4.79 Å². The molecule has 7 heteroatoms. The van der Waals surface area contributed by atoms with Gasteiger partial charge < -0.3 is 15.8 Å². The molecular formula is C17H27Cl2N3O2. The van der Waals surface area contributed by atoms with Crippen molar-refractivity contribution in [3.05, 3.63) is 29.8 Å². The summed E-state index contributed by atoms with van der Waals surface area (Å²) in [6.07, 6.45) is 4.05. The third-order valence-electron chi connectivity index (χ3n) is 4.78. The Hall–Kier alpha value is -1.01. The minimum absolute atomic E-state index is 0. The number of methoxy groups -OCH3 is 1. The van der Waals surface area contributed by atoms with E-state index in [2.05, 4.69) is 22.3 Å². The number of halogens is 2. The Labute approximate surface area is 156 Å². The number of ether oxygens (including phenoxy) is 1. The Kier molecular flexibility index (Phi) is 7.80. The lowest BCUT2D eigenvalue weighted by Gasteiger charge is -2.28. The van der Waals surface area contributed by atoms with Crippen LogP contribution in [0.2, 0.25) is 0 Å². The number of nitrogens with two attached hydrogens (primary N) is 1. The summed E-state index contributed by atoms with van der Waals surface area (Å²) in [5.74, 6) is 0.844. The van der Waals surface area contributed by atoms with Crippen LogP contribution >= 0.6 is 24.8 Å². The lowest BCUT2D eigenvalue weighted by molar-refractivity contribution is -0.123. The van der Waals surface area contributed by atoms with Gasteiger partial charge in [-0.2, -0.15) is 0 Å². The van der Waals surface area contributed by atoms with E-state index in [0.29, 0.717) is 6.54 Å². The van der Waals surface area contributed by atoms with Crippen LogP contribution in [0.3, 0.4) is 0 Å². The maximum atomic E-state index is 12.1. The summed E-state index contributed by atoms with van der Waals surface area (Å²) in [6.45, 7) is 2.78. The van der Waals surface area contributed by atoms with Gasteiger partial charge in [0.15, 0.2) is 0 Å². The first-order chi connectivity index (χ1) is 10.6. The van der Waals surface area contributed by atoms with Gasteiger partial charge in [0.2, 0.25) is 5.91 Å². The van der Waals surface area contributed by atoms with Crippen molar-refractivity contribution in [3.63, 3.8) is 0 Å². The van der Waals surface area contributed by atoms with Crippen LogP contribution in [-0.2, 0) is 4.79 Å². The normalized spacial score (nSPS) is 19.6. The summed E-state index contributed by atoms with van der Waals surface area (Å²) >= 11 is 0. The number of carbonyl (C=O) groups is 1. The van der Waals surface area contributed by atoms with Crippen LogP contribution < -0.4 is 15.8 Å². The molecule has 3 rings (SSSR count). The third kappa shape index (κ3) is 4.76. The number of likely N-dealkylation sites (tertiary alicyclic amines) is 1. The molecule has 1 unspecified atom stereocenters. The van der Waals surface area contributed by atoms with Gasteiger partial charge in [-0.1, -0.05) is 12.1 Å².